The summed E-state index contributed by atoms with van der Waals surface area (Å²) in [4.78, 5) is 2.34. The lowest BCUT2D eigenvalue weighted by Gasteiger charge is -2.29. The summed E-state index contributed by atoms with van der Waals surface area (Å²) in [5.41, 5.74) is 13.8. The van der Waals surface area contributed by atoms with Gasteiger partial charge in [0, 0.05) is 17.1 Å². The first kappa shape index (κ1) is 27.7. The fourth-order valence-electron chi connectivity index (χ4n) is 7.91. The molecule has 0 saturated carbocycles. The molecule has 0 aliphatic heterocycles. The summed E-state index contributed by atoms with van der Waals surface area (Å²) in [6, 6.07) is 68.5. The van der Waals surface area contributed by atoms with Crippen molar-refractivity contribution in [2.24, 2.45) is 0 Å². The highest BCUT2D eigenvalue weighted by atomic mass is 15.1. The lowest BCUT2D eigenvalue weighted by atomic mass is 9.75. The van der Waals surface area contributed by atoms with E-state index in [-0.39, 0.29) is 0 Å². The fraction of sp³-hybridized carbons (Fsp3) is 0. The minimum atomic E-state index is 1.14. The summed E-state index contributed by atoms with van der Waals surface area (Å²) >= 11 is 0. The topological polar surface area (TPSA) is 3.24 Å². The molecule has 0 atom stereocenters. The van der Waals surface area contributed by atoms with Crippen LogP contribution in [0.15, 0.2) is 188 Å². The van der Waals surface area contributed by atoms with Crippen LogP contribution in [0.5, 0.6) is 0 Å². The average Bonchev–Trinajstić information content (AvgIpc) is 3.17. The number of hydrogen-bond acceptors (Lipinski definition) is 1. The van der Waals surface area contributed by atoms with Crippen molar-refractivity contribution < 1.29 is 0 Å². The van der Waals surface area contributed by atoms with Crippen molar-refractivity contribution in [3.8, 4) is 44.5 Å². The molecule has 0 N–H and O–H groups in total. The Bertz CT molecular complexity index is 2640. The van der Waals surface area contributed by atoms with Crippen molar-refractivity contribution in [3.63, 3.8) is 0 Å². The highest BCUT2D eigenvalue weighted by molar-refractivity contribution is 6.24. The van der Waals surface area contributed by atoms with Crippen LogP contribution in [0.25, 0.3) is 76.8 Å². The summed E-state index contributed by atoms with van der Waals surface area (Å²) in [5.74, 6) is 0. The molecule has 0 heterocycles. The van der Waals surface area contributed by atoms with E-state index in [1.54, 1.807) is 0 Å². The van der Waals surface area contributed by atoms with E-state index in [9.17, 15) is 0 Å². The van der Waals surface area contributed by atoms with Crippen LogP contribution in [0.3, 0.4) is 0 Å². The first-order valence-corrected chi connectivity index (χ1v) is 16.9. The number of fused-ring (bicyclic) bond motifs is 7. The molecule has 228 valence electrons. The SMILES string of the molecule is c1ccc(-c2c3ccccc3c(-c3ccccc3)c3cc4c(cc23)-c2cc3ccc(N(c5ccccc5)c5ccccc5)cc3cc2-4)cc1. The molecule has 0 radical (unpaired) electrons. The van der Waals surface area contributed by atoms with Crippen molar-refractivity contribution in [2.75, 3.05) is 4.90 Å². The number of hydrogen-bond donors (Lipinski definition) is 0. The third-order valence-electron chi connectivity index (χ3n) is 10.1. The Balaban J connectivity index is 1.20. The maximum Gasteiger partial charge on any atom is 0.0468 e. The molecule has 9 aromatic carbocycles. The van der Waals surface area contributed by atoms with E-state index in [1.807, 2.05) is 0 Å². The van der Waals surface area contributed by atoms with Gasteiger partial charge in [-0.3, -0.25) is 0 Å². The first-order chi connectivity index (χ1) is 24.3. The second-order valence-corrected chi connectivity index (χ2v) is 12.9. The quantitative estimate of drug-likeness (QED) is 0.173. The summed E-state index contributed by atoms with van der Waals surface area (Å²) in [6.45, 7) is 0. The molecule has 0 spiro atoms. The highest BCUT2D eigenvalue weighted by Crippen LogP contribution is 2.54. The Morgan fingerprint density at radius 1 is 0.265 bits per heavy atom. The van der Waals surface area contributed by atoms with Gasteiger partial charge in [0.25, 0.3) is 0 Å². The number of rotatable bonds is 5. The third kappa shape index (κ3) is 4.40. The standard InChI is InChI=1S/C48H31N/c1-5-15-32(16-6-1)47-39-23-13-14-24-40(39)48(33-17-7-2-8-18-33)46-31-44-42-29-35-27-38(26-25-34(35)28-41(42)43(44)30-45(46)47)49(36-19-9-3-10-20-36)37-21-11-4-12-22-37/h1-31H. The van der Waals surface area contributed by atoms with Gasteiger partial charge in [-0.25, -0.2) is 0 Å². The zero-order chi connectivity index (χ0) is 32.3. The molecule has 0 amide bonds. The van der Waals surface area contributed by atoms with Crippen LogP contribution in [-0.2, 0) is 0 Å². The summed E-state index contributed by atoms with van der Waals surface area (Å²) in [6.07, 6.45) is 0. The molecule has 1 heteroatoms. The Kier molecular flexibility index (Phi) is 6.25. The highest BCUT2D eigenvalue weighted by Gasteiger charge is 2.27. The maximum absolute atomic E-state index is 2.46. The van der Waals surface area contributed by atoms with E-state index in [0.29, 0.717) is 0 Å². The van der Waals surface area contributed by atoms with E-state index >= 15 is 0 Å². The molecule has 1 aliphatic carbocycles. The number of nitrogens with zero attached hydrogens (tertiary/aromatic N) is 1. The largest absolute Gasteiger partial charge is 0.310 e. The van der Waals surface area contributed by atoms with Gasteiger partial charge in [-0.1, -0.05) is 127 Å². The smallest absolute Gasteiger partial charge is 0.0468 e. The molecule has 49 heavy (non-hydrogen) atoms. The van der Waals surface area contributed by atoms with E-state index < -0.39 is 0 Å². The molecule has 0 aromatic heterocycles. The normalized spacial score (nSPS) is 11.7. The van der Waals surface area contributed by atoms with Gasteiger partial charge in [0.15, 0.2) is 0 Å². The van der Waals surface area contributed by atoms with Gasteiger partial charge < -0.3 is 4.90 Å². The van der Waals surface area contributed by atoms with Gasteiger partial charge in [0.1, 0.15) is 0 Å². The number of anilines is 3. The van der Waals surface area contributed by atoms with Crippen molar-refractivity contribution in [1.29, 1.82) is 0 Å². The minimum absolute atomic E-state index is 1.14. The second-order valence-electron chi connectivity index (χ2n) is 12.9. The van der Waals surface area contributed by atoms with Crippen LogP contribution in [0.2, 0.25) is 0 Å². The third-order valence-corrected chi connectivity index (χ3v) is 10.1. The zero-order valence-corrected chi connectivity index (χ0v) is 26.8. The van der Waals surface area contributed by atoms with Gasteiger partial charge in [-0.05, 0) is 137 Å². The molecular formula is C48H31N. The lowest BCUT2D eigenvalue weighted by Crippen LogP contribution is -2.09. The molecule has 0 unspecified atom stereocenters. The van der Waals surface area contributed by atoms with Crippen molar-refractivity contribution in [2.45, 2.75) is 0 Å². The molecule has 1 aliphatic rings. The van der Waals surface area contributed by atoms with Crippen LogP contribution in [-0.4, -0.2) is 0 Å². The van der Waals surface area contributed by atoms with Crippen LogP contribution in [0, 0.1) is 0 Å². The minimum Gasteiger partial charge on any atom is -0.310 e. The lowest BCUT2D eigenvalue weighted by molar-refractivity contribution is 1.29. The fourth-order valence-corrected chi connectivity index (χ4v) is 7.91. The first-order valence-electron chi connectivity index (χ1n) is 16.9. The van der Waals surface area contributed by atoms with Gasteiger partial charge in [-0.15, -0.1) is 0 Å². The van der Waals surface area contributed by atoms with E-state index in [2.05, 4.69) is 193 Å². The second kappa shape index (κ2) is 11.1. The number of benzene rings is 9. The van der Waals surface area contributed by atoms with Crippen molar-refractivity contribution in [1.82, 2.24) is 0 Å². The van der Waals surface area contributed by atoms with E-state index in [0.717, 1.165) is 17.1 Å². The molecular weight excluding hydrogens is 591 g/mol. The van der Waals surface area contributed by atoms with Crippen molar-refractivity contribution in [3.05, 3.63) is 188 Å². The van der Waals surface area contributed by atoms with Crippen LogP contribution in [0.1, 0.15) is 0 Å². The van der Waals surface area contributed by atoms with Gasteiger partial charge in [0.2, 0.25) is 0 Å². The maximum atomic E-state index is 2.46. The molecule has 0 bridgehead atoms. The predicted octanol–water partition coefficient (Wildman–Crippen LogP) is 13.6. The average molecular weight is 622 g/mol. The van der Waals surface area contributed by atoms with Gasteiger partial charge in [0.05, 0.1) is 0 Å². The van der Waals surface area contributed by atoms with Gasteiger partial charge in [-0.2, -0.15) is 0 Å². The van der Waals surface area contributed by atoms with Crippen LogP contribution < -0.4 is 4.90 Å². The molecule has 0 fully saturated rings. The van der Waals surface area contributed by atoms with E-state index in [1.165, 1.54) is 76.8 Å². The molecule has 0 saturated heterocycles. The Hall–Kier alpha value is -6.44. The number of para-hydroxylation sites is 2. The monoisotopic (exact) mass is 621 g/mol. The Labute approximate surface area is 286 Å². The molecule has 10 rings (SSSR count). The summed E-state index contributed by atoms with van der Waals surface area (Å²) in [7, 11) is 0. The molecule has 1 nitrogen and oxygen atoms in total. The molecule has 9 aromatic rings. The van der Waals surface area contributed by atoms with E-state index in [4.69, 9.17) is 0 Å². The van der Waals surface area contributed by atoms with Crippen LogP contribution >= 0.6 is 0 Å². The summed E-state index contributed by atoms with van der Waals surface area (Å²) < 4.78 is 0. The van der Waals surface area contributed by atoms with Crippen molar-refractivity contribution >= 4 is 49.4 Å². The predicted molar refractivity (Wildman–Crippen MR) is 209 cm³/mol. The van der Waals surface area contributed by atoms with Crippen LogP contribution in [0.4, 0.5) is 17.1 Å². The Morgan fingerprint density at radius 2 is 0.673 bits per heavy atom. The summed E-state index contributed by atoms with van der Waals surface area (Å²) in [5, 5.41) is 7.65. The van der Waals surface area contributed by atoms with Gasteiger partial charge >= 0.3 is 0 Å². The zero-order valence-electron chi connectivity index (χ0n) is 26.8. The Morgan fingerprint density at radius 3 is 1.16 bits per heavy atom.